The number of nitrogens with two attached hydrogens (primary N) is 1. The zero-order chi connectivity index (χ0) is 41.1. The zero-order valence-electron chi connectivity index (χ0n) is 29.7. The third-order valence-corrected chi connectivity index (χ3v) is 7.48. The fraction of sp³-hybridized carbons (Fsp3) is 0.455. The summed E-state index contributed by atoms with van der Waals surface area (Å²) in [6.45, 7) is 13.2. The Morgan fingerprint density at radius 2 is 1.40 bits per heavy atom. The van der Waals surface area contributed by atoms with E-state index in [-0.39, 0.29) is 63.6 Å². The minimum atomic E-state index is -0.991. The van der Waals surface area contributed by atoms with Gasteiger partial charge in [-0.1, -0.05) is 81.5 Å². The molecule has 2 aromatic heterocycles. The summed E-state index contributed by atoms with van der Waals surface area (Å²) in [5.41, 5.74) is 6.58. The molecule has 15 nitrogen and oxygen atoms in total. The van der Waals surface area contributed by atoms with E-state index in [0.717, 1.165) is 17.3 Å². The number of alkyl halides is 1. The van der Waals surface area contributed by atoms with Gasteiger partial charge in [-0.2, -0.15) is 15.8 Å². The Labute approximate surface area is 325 Å². The number of carbonyl (C=O) groups excluding carboxylic acids is 2. The molecule has 0 unspecified atom stereocenters. The number of carboxylic acids is 2. The lowest BCUT2D eigenvalue weighted by Gasteiger charge is -2.10. The molecule has 0 saturated heterocycles. The fourth-order valence-corrected chi connectivity index (χ4v) is 4.24. The maximum atomic E-state index is 11.4. The SMILES string of the molecule is CC(C)c1cc(=O)[nH]c(S)c1C#N.CC(C)c1cc(=O)[nH]c(SCC(=O)O)c1C#N.CCOC(=O)CC(=O)C(C)C.N#CCC(N)=S.O=C(O)CBr. The quantitative estimate of drug-likeness (QED) is 0.0432. The molecule has 2 rings (SSSR count). The Kier molecular flexibility index (Phi) is 29.1. The topological polar surface area (TPSA) is 281 Å². The average molecular weight is 844 g/mol. The van der Waals surface area contributed by atoms with E-state index in [9.17, 15) is 28.8 Å². The second-order valence-electron chi connectivity index (χ2n) is 10.8. The monoisotopic (exact) mass is 842 g/mol. The molecule has 0 aliphatic heterocycles. The molecule has 52 heavy (non-hydrogen) atoms. The zero-order valence-corrected chi connectivity index (χ0v) is 33.8. The summed E-state index contributed by atoms with van der Waals surface area (Å²) in [5.74, 6) is -2.39. The van der Waals surface area contributed by atoms with Gasteiger partial charge in [0.15, 0.2) is 0 Å². The van der Waals surface area contributed by atoms with E-state index < -0.39 is 17.9 Å². The fourth-order valence-electron chi connectivity index (χ4n) is 3.14. The summed E-state index contributed by atoms with van der Waals surface area (Å²) in [6.07, 6.45) is 0.0981. The molecular weight excluding hydrogens is 801 g/mol. The van der Waals surface area contributed by atoms with Crippen molar-refractivity contribution in [1.82, 2.24) is 9.97 Å². The van der Waals surface area contributed by atoms with Crippen LogP contribution >= 0.6 is 52.5 Å². The van der Waals surface area contributed by atoms with Crippen molar-refractivity contribution in [3.8, 4) is 18.2 Å². The molecule has 0 saturated carbocycles. The van der Waals surface area contributed by atoms with Gasteiger partial charge >= 0.3 is 17.9 Å². The number of carbonyl (C=O) groups is 4. The summed E-state index contributed by atoms with van der Waals surface area (Å²) in [6, 6.07) is 8.67. The molecule has 0 bridgehead atoms. The number of aromatic amines is 2. The number of hydrogen-bond acceptors (Lipinski definition) is 13. The molecule has 0 atom stereocenters. The van der Waals surface area contributed by atoms with Crippen molar-refractivity contribution in [1.29, 1.82) is 15.8 Å². The molecule has 0 fully saturated rings. The first kappa shape index (κ1) is 51.9. The van der Waals surface area contributed by atoms with Gasteiger partial charge in [0.1, 0.15) is 29.7 Å². The molecule has 0 aliphatic rings. The number of carboxylic acid groups (broad SMARTS) is 2. The summed E-state index contributed by atoms with van der Waals surface area (Å²) in [4.78, 5) is 69.1. The third-order valence-electron chi connectivity index (χ3n) is 5.54. The van der Waals surface area contributed by atoms with Crippen LogP contribution in [0.2, 0.25) is 0 Å². The molecule has 0 amide bonds. The highest BCUT2D eigenvalue weighted by atomic mass is 79.9. The number of nitriles is 3. The number of nitrogens with zero attached hydrogens (tertiary/aromatic N) is 3. The molecule has 0 aliphatic carbocycles. The van der Waals surface area contributed by atoms with Crippen LogP contribution in [0, 0.1) is 39.9 Å². The number of nitrogens with one attached hydrogen (secondary N) is 2. The number of thiol groups is 1. The number of ether oxygens (including phenoxy) is 1. The van der Waals surface area contributed by atoms with Crippen molar-refractivity contribution in [2.24, 2.45) is 11.7 Å². The lowest BCUT2D eigenvalue weighted by Crippen LogP contribution is -2.15. The van der Waals surface area contributed by atoms with Gasteiger partial charge in [-0.25, -0.2) is 0 Å². The number of pyridine rings is 2. The van der Waals surface area contributed by atoms with Crippen molar-refractivity contribution >= 4 is 81.2 Å². The van der Waals surface area contributed by atoms with Crippen molar-refractivity contribution in [3.63, 3.8) is 0 Å². The number of ketones is 1. The molecule has 2 heterocycles. The van der Waals surface area contributed by atoms with E-state index in [1.54, 1.807) is 26.8 Å². The van der Waals surface area contributed by atoms with E-state index in [1.165, 1.54) is 12.1 Å². The number of thiocarbonyl (C=S) groups is 1. The van der Waals surface area contributed by atoms with E-state index in [0.29, 0.717) is 33.3 Å². The van der Waals surface area contributed by atoms with Gasteiger partial charge in [0, 0.05) is 18.1 Å². The molecular formula is C33H43BrN6O9S3. The summed E-state index contributed by atoms with van der Waals surface area (Å²) < 4.78 is 4.60. The Bertz CT molecular complexity index is 1760. The van der Waals surface area contributed by atoms with Crippen LogP contribution in [-0.4, -0.2) is 66.6 Å². The van der Waals surface area contributed by atoms with Gasteiger partial charge in [-0.3, -0.25) is 28.8 Å². The van der Waals surface area contributed by atoms with Crippen LogP contribution in [0.4, 0.5) is 0 Å². The van der Waals surface area contributed by atoms with Gasteiger partial charge in [-0.05, 0) is 29.9 Å². The first-order chi connectivity index (χ1) is 24.1. The predicted molar refractivity (Wildman–Crippen MR) is 207 cm³/mol. The van der Waals surface area contributed by atoms with Gasteiger partial charge in [0.05, 0.1) is 51.0 Å². The van der Waals surface area contributed by atoms with Crippen LogP contribution in [0.1, 0.15) is 95.4 Å². The highest BCUT2D eigenvalue weighted by Crippen LogP contribution is 2.25. The van der Waals surface area contributed by atoms with Gasteiger partial charge in [0.25, 0.3) is 0 Å². The Morgan fingerprint density at radius 1 is 0.942 bits per heavy atom. The number of aliphatic carboxylic acids is 2. The highest BCUT2D eigenvalue weighted by molar-refractivity contribution is 9.09. The van der Waals surface area contributed by atoms with Crippen molar-refractivity contribution in [2.45, 2.75) is 83.2 Å². The number of halogens is 1. The maximum absolute atomic E-state index is 11.4. The first-order valence-corrected chi connectivity index (χ1v) is 18.1. The Morgan fingerprint density at radius 3 is 1.73 bits per heavy atom. The molecule has 0 aromatic carbocycles. The van der Waals surface area contributed by atoms with Gasteiger partial charge in [0.2, 0.25) is 11.1 Å². The number of hydrogen-bond donors (Lipinski definition) is 6. The number of H-pyrrole nitrogens is 2. The highest BCUT2D eigenvalue weighted by Gasteiger charge is 2.15. The number of thioether (sulfide) groups is 1. The lowest BCUT2D eigenvalue weighted by atomic mass is 10.00. The smallest absolute Gasteiger partial charge is 0.314 e. The number of aromatic nitrogens is 2. The minimum absolute atomic E-state index is 0.0347. The molecule has 0 radical (unpaired) electrons. The Hall–Kier alpha value is -4.48. The predicted octanol–water partition coefficient (Wildman–Crippen LogP) is 5.02. The van der Waals surface area contributed by atoms with Crippen LogP contribution in [-0.2, 0) is 23.9 Å². The van der Waals surface area contributed by atoms with Gasteiger partial charge in [-0.15, -0.1) is 12.6 Å². The van der Waals surface area contributed by atoms with E-state index in [1.807, 2.05) is 39.8 Å². The molecule has 284 valence electrons. The van der Waals surface area contributed by atoms with Crippen molar-refractivity contribution < 1.29 is 34.1 Å². The standard InChI is InChI=1S/C11H12N2O3S.C9H10N2OS.C8H14O3.C3H4N2S.C2H3BrO2/c1-6(2)7-3-9(14)13-11(8(7)4-12)17-5-10(15)16;1-5(2)6-3-8(12)11-9(13)7(6)4-10;1-4-11-8(10)5-7(9)6(2)3;4-2-1-3(5)6;3-1-2(4)5/h3,6H,5H2,1-2H3,(H,13,14)(H,15,16);3,5H,1-2H3,(H2,11,12,13);6H,4-5H2,1-3H3;1H2,(H2,5,6);1H2,(H,4,5). The van der Waals surface area contributed by atoms with Crippen molar-refractivity contribution in [2.75, 3.05) is 17.7 Å². The van der Waals surface area contributed by atoms with E-state index >= 15 is 0 Å². The normalized spacial score (nSPS) is 9.40. The number of rotatable bonds is 11. The maximum Gasteiger partial charge on any atom is 0.314 e. The Balaban J connectivity index is -0.000000616. The average Bonchev–Trinajstić information content (AvgIpc) is 3.04. The van der Waals surface area contributed by atoms with Crippen molar-refractivity contribution in [3.05, 3.63) is 55.1 Å². The van der Waals surface area contributed by atoms with Crippen LogP contribution < -0.4 is 16.9 Å². The molecule has 2 aromatic rings. The summed E-state index contributed by atoms with van der Waals surface area (Å²) in [5, 5.41) is 42.7. The second-order valence-corrected chi connectivity index (χ2v) is 13.3. The number of Topliss-reactive ketones (excluding diaryl/α,β-unsaturated/α-hetero) is 1. The third kappa shape index (κ3) is 24.6. The first-order valence-electron chi connectivity index (χ1n) is 15.1. The largest absolute Gasteiger partial charge is 0.481 e. The van der Waals surface area contributed by atoms with Crippen LogP contribution in [0.15, 0.2) is 31.8 Å². The molecule has 19 heteroatoms. The van der Waals surface area contributed by atoms with E-state index in [2.05, 4.69) is 55.5 Å². The minimum Gasteiger partial charge on any atom is -0.481 e. The van der Waals surface area contributed by atoms with Crippen LogP contribution in [0.3, 0.4) is 0 Å². The second kappa shape index (κ2) is 29.1. The number of esters is 1. The van der Waals surface area contributed by atoms with Gasteiger partial charge < -0.3 is 30.7 Å². The van der Waals surface area contributed by atoms with E-state index in [4.69, 9.17) is 31.7 Å². The summed E-state index contributed by atoms with van der Waals surface area (Å²) >= 11 is 12.0. The van der Waals surface area contributed by atoms with Crippen LogP contribution in [0.25, 0.3) is 0 Å². The van der Waals surface area contributed by atoms with Crippen LogP contribution in [0.5, 0.6) is 0 Å². The molecule has 6 N–H and O–H groups in total. The molecule has 0 spiro atoms. The lowest BCUT2D eigenvalue weighted by molar-refractivity contribution is -0.146. The summed E-state index contributed by atoms with van der Waals surface area (Å²) in [7, 11) is 0.